The largest absolute Gasteiger partial charge is 0.395 e. The van der Waals surface area contributed by atoms with Crippen LogP contribution in [0.15, 0.2) is 0 Å². The number of nitrogens with two attached hydrogens (primary N) is 1. The summed E-state index contributed by atoms with van der Waals surface area (Å²) in [5, 5.41) is 10.9. The molecular formula is C6H12N2O3. The number of primary amides is 1. The minimum atomic E-state index is -0.682. The molecule has 0 rings (SSSR count). The van der Waals surface area contributed by atoms with Crippen LogP contribution in [0, 0.1) is 5.92 Å². The lowest BCUT2D eigenvalue weighted by molar-refractivity contribution is -0.123. The van der Waals surface area contributed by atoms with E-state index in [1.165, 1.54) is 6.92 Å². The second-order valence-corrected chi connectivity index (χ2v) is 2.22. The Morgan fingerprint density at radius 2 is 2.18 bits per heavy atom. The van der Waals surface area contributed by atoms with Crippen molar-refractivity contribution in [3.05, 3.63) is 0 Å². The van der Waals surface area contributed by atoms with Gasteiger partial charge in [0.15, 0.2) is 0 Å². The standard InChI is InChI=1S/C6H12N2O3/c1-4(10)8-2-5(3-9)6(7)11/h5,9H,2-3H2,1H3,(H2,7,11)(H,8,10). The predicted molar refractivity (Wildman–Crippen MR) is 38.5 cm³/mol. The molecule has 0 aromatic rings. The first-order chi connectivity index (χ1) is 5.07. The molecule has 1 unspecified atom stereocenters. The van der Waals surface area contributed by atoms with Crippen LogP contribution in [0.2, 0.25) is 0 Å². The minimum absolute atomic E-state index is 0.0984. The summed E-state index contributed by atoms with van der Waals surface area (Å²) < 4.78 is 0. The molecule has 64 valence electrons. The highest BCUT2D eigenvalue weighted by atomic mass is 16.3. The fourth-order valence-electron chi connectivity index (χ4n) is 0.522. The maximum Gasteiger partial charge on any atom is 0.224 e. The summed E-state index contributed by atoms with van der Waals surface area (Å²) in [6.07, 6.45) is 0. The van der Waals surface area contributed by atoms with Crippen molar-refractivity contribution >= 4 is 11.8 Å². The Labute approximate surface area is 64.6 Å². The molecule has 0 heterocycles. The number of rotatable bonds is 4. The van der Waals surface area contributed by atoms with Crippen molar-refractivity contribution in [2.24, 2.45) is 11.7 Å². The van der Waals surface area contributed by atoms with Crippen LogP contribution < -0.4 is 11.1 Å². The van der Waals surface area contributed by atoms with Gasteiger partial charge in [0, 0.05) is 13.5 Å². The Kier molecular flexibility index (Phi) is 4.21. The zero-order valence-electron chi connectivity index (χ0n) is 6.33. The molecule has 0 fully saturated rings. The molecule has 0 aromatic heterocycles. The summed E-state index contributed by atoms with van der Waals surface area (Å²) >= 11 is 0. The van der Waals surface area contributed by atoms with E-state index in [4.69, 9.17) is 10.8 Å². The molecule has 0 aliphatic carbocycles. The first-order valence-electron chi connectivity index (χ1n) is 3.22. The molecule has 0 radical (unpaired) electrons. The number of nitrogens with one attached hydrogen (secondary N) is 1. The zero-order valence-corrected chi connectivity index (χ0v) is 6.33. The van der Waals surface area contributed by atoms with E-state index in [2.05, 4.69) is 5.32 Å². The third-order valence-corrected chi connectivity index (χ3v) is 1.22. The van der Waals surface area contributed by atoms with Gasteiger partial charge in [0.2, 0.25) is 11.8 Å². The molecule has 0 spiro atoms. The van der Waals surface area contributed by atoms with Gasteiger partial charge in [0.05, 0.1) is 12.5 Å². The molecule has 0 aromatic carbocycles. The second-order valence-electron chi connectivity index (χ2n) is 2.22. The van der Waals surface area contributed by atoms with E-state index >= 15 is 0 Å². The SMILES string of the molecule is CC(=O)NCC(CO)C(N)=O. The molecule has 2 amide bonds. The maximum atomic E-state index is 10.5. The van der Waals surface area contributed by atoms with Crippen LogP contribution in [0.25, 0.3) is 0 Å². The molecule has 0 bridgehead atoms. The zero-order chi connectivity index (χ0) is 8.85. The summed E-state index contributed by atoms with van der Waals surface area (Å²) in [7, 11) is 0. The molecular weight excluding hydrogens is 148 g/mol. The number of aliphatic hydroxyl groups is 1. The average molecular weight is 160 g/mol. The van der Waals surface area contributed by atoms with Crippen LogP contribution in [0.4, 0.5) is 0 Å². The Morgan fingerprint density at radius 1 is 1.64 bits per heavy atom. The maximum absolute atomic E-state index is 10.5. The molecule has 0 saturated heterocycles. The molecule has 5 heteroatoms. The molecule has 0 aliphatic rings. The Bertz CT molecular complexity index is 158. The number of hydrogen-bond acceptors (Lipinski definition) is 3. The first-order valence-corrected chi connectivity index (χ1v) is 3.22. The summed E-state index contributed by atoms with van der Waals surface area (Å²) in [6, 6.07) is 0. The van der Waals surface area contributed by atoms with Crippen molar-refractivity contribution < 1.29 is 14.7 Å². The smallest absolute Gasteiger partial charge is 0.224 e. The van der Waals surface area contributed by atoms with E-state index in [9.17, 15) is 9.59 Å². The van der Waals surface area contributed by atoms with Crippen molar-refractivity contribution in [1.29, 1.82) is 0 Å². The van der Waals surface area contributed by atoms with Gasteiger partial charge in [-0.15, -0.1) is 0 Å². The number of hydrogen-bond donors (Lipinski definition) is 3. The number of carbonyl (C=O) groups is 2. The number of amides is 2. The quantitative estimate of drug-likeness (QED) is 0.453. The van der Waals surface area contributed by atoms with E-state index in [0.29, 0.717) is 0 Å². The highest BCUT2D eigenvalue weighted by Gasteiger charge is 2.13. The van der Waals surface area contributed by atoms with Gasteiger partial charge in [-0.2, -0.15) is 0 Å². The van der Waals surface area contributed by atoms with Gasteiger partial charge >= 0.3 is 0 Å². The molecule has 0 aliphatic heterocycles. The van der Waals surface area contributed by atoms with Crippen molar-refractivity contribution in [3.63, 3.8) is 0 Å². The van der Waals surface area contributed by atoms with E-state index in [-0.39, 0.29) is 19.1 Å². The first kappa shape index (κ1) is 9.90. The molecule has 4 N–H and O–H groups in total. The third-order valence-electron chi connectivity index (χ3n) is 1.22. The van der Waals surface area contributed by atoms with Crippen LogP contribution in [0.1, 0.15) is 6.92 Å². The fourth-order valence-corrected chi connectivity index (χ4v) is 0.522. The van der Waals surface area contributed by atoms with Gasteiger partial charge in [-0.05, 0) is 0 Å². The van der Waals surface area contributed by atoms with Crippen LogP contribution in [-0.4, -0.2) is 30.1 Å². The minimum Gasteiger partial charge on any atom is -0.395 e. The van der Waals surface area contributed by atoms with E-state index < -0.39 is 11.8 Å². The van der Waals surface area contributed by atoms with Crippen molar-refractivity contribution in [3.8, 4) is 0 Å². The number of carbonyl (C=O) groups excluding carboxylic acids is 2. The lowest BCUT2D eigenvalue weighted by Crippen LogP contribution is -2.37. The molecule has 1 atom stereocenters. The van der Waals surface area contributed by atoms with Gasteiger partial charge in [-0.1, -0.05) is 0 Å². The van der Waals surface area contributed by atoms with E-state index in [0.717, 1.165) is 0 Å². The summed E-state index contributed by atoms with van der Waals surface area (Å²) in [5.74, 6) is -1.54. The van der Waals surface area contributed by atoms with Gasteiger partial charge in [-0.3, -0.25) is 9.59 Å². The highest BCUT2D eigenvalue weighted by Crippen LogP contribution is 1.89. The second kappa shape index (κ2) is 4.68. The third kappa shape index (κ3) is 4.32. The number of aliphatic hydroxyl groups excluding tert-OH is 1. The molecule has 5 nitrogen and oxygen atoms in total. The molecule has 11 heavy (non-hydrogen) atoms. The van der Waals surface area contributed by atoms with Gasteiger partial charge < -0.3 is 16.2 Å². The van der Waals surface area contributed by atoms with Gasteiger partial charge in [0.1, 0.15) is 0 Å². The van der Waals surface area contributed by atoms with Crippen LogP contribution in [0.5, 0.6) is 0 Å². The van der Waals surface area contributed by atoms with E-state index in [1.807, 2.05) is 0 Å². The van der Waals surface area contributed by atoms with Gasteiger partial charge in [-0.25, -0.2) is 0 Å². The summed E-state index contributed by atoms with van der Waals surface area (Å²) in [4.78, 5) is 20.8. The Morgan fingerprint density at radius 3 is 2.45 bits per heavy atom. The normalized spacial score (nSPS) is 12.2. The highest BCUT2D eigenvalue weighted by molar-refractivity contribution is 5.78. The van der Waals surface area contributed by atoms with Crippen LogP contribution >= 0.6 is 0 Å². The fraction of sp³-hybridized carbons (Fsp3) is 0.667. The monoisotopic (exact) mass is 160 g/mol. The Hall–Kier alpha value is -1.10. The predicted octanol–water partition coefficient (Wildman–Crippen LogP) is -1.78. The average Bonchev–Trinajstić information content (AvgIpc) is 1.87. The lowest BCUT2D eigenvalue weighted by atomic mass is 10.1. The lowest BCUT2D eigenvalue weighted by Gasteiger charge is -2.09. The van der Waals surface area contributed by atoms with E-state index in [1.54, 1.807) is 0 Å². The summed E-state index contributed by atoms with van der Waals surface area (Å²) in [6.45, 7) is 1.09. The van der Waals surface area contributed by atoms with Crippen molar-refractivity contribution in [2.45, 2.75) is 6.92 Å². The summed E-state index contributed by atoms with van der Waals surface area (Å²) in [5.41, 5.74) is 4.88. The Balaban J connectivity index is 3.70. The van der Waals surface area contributed by atoms with Crippen molar-refractivity contribution in [1.82, 2.24) is 5.32 Å². The van der Waals surface area contributed by atoms with Crippen LogP contribution in [0.3, 0.4) is 0 Å². The van der Waals surface area contributed by atoms with Crippen molar-refractivity contribution in [2.75, 3.05) is 13.2 Å². The van der Waals surface area contributed by atoms with Gasteiger partial charge in [0.25, 0.3) is 0 Å². The topological polar surface area (TPSA) is 92.4 Å². The van der Waals surface area contributed by atoms with Crippen LogP contribution in [-0.2, 0) is 9.59 Å². The molecule has 0 saturated carbocycles.